The lowest BCUT2D eigenvalue weighted by atomic mass is 9.77. The summed E-state index contributed by atoms with van der Waals surface area (Å²) in [6.45, 7) is -0.449. The van der Waals surface area contributed by atoms with E-state index in [1.807, 2.05) is 6.08 Å². The van der Waals surface area contributed by atoms with Crippen LogP contribution in [0.4, 0.5) is 8.78 Å². The molecule has 2 atom stereocenters. The fourth-order valence-corrected chi connectivity index (χ4v) is 5.24. The summed E-state index contributed by atoms with van der Waals surface area (Å²) >= 11 is 1.24. The van der Waals surface area contributed by atoms with Gasteiger partial charge in [0.1, 0.15) is 16.5 Å². The van der Waals surface area contributed by atoms with Gasteiger partial charge in [0, 0.05) is 5.92 Å². The van der Waals surface area contributed by atoms with Crippen LogP contribution in [0.5, 0.6) is 0 Å². The summed E-state index contributed by atoms with van der Waals surface area (Å²) in [4.78, 5) is 25.9. The van der Waals surface area contributed by atoms with Crippen LogP contribution in [0.1, 0.15) is 46.1 Å². The van der Waals surface area contributed by atoms with E-state index in [1.54, 1.807) is 41.8 Å². The van der Waals surface area contributed by atoms with Gasteiger partial charge in [-0.15, -0.1) is 11.3 Å². The molecule has 1 aliphatic heterocycles. The Morgan fingerprint density at radius 1 is 1.06 bits per heavy atom. The van der Waals surface area contributed by atoms with Crippen molar-refractivity contribution in [2.45, 2.75) is 25.3 Å². The summed E-state index contributed by atoms with van der Waals surface area (Å²) < 4.78 is 32.2. The third kappa shape index (κ3) is 4.93. The van der Waals surface area contributed by atoms with Gasteiger partial charge in [-0.25, -0.2) is 18.6 Å². The Balaban J connectivity index is 1.45. The van der Waals surface area contributed by atoms with Crippen molar-refractivity contribution in [3.63, 3.8) is 0 Å². The summed E-state index contributed by atoms with van der Waals surface area (Å²) in [7, 11) is 0. The molecule has 2 aromatic carbocycles. The minimum atomic E-state index is -0.562. The molecule has 0 N–H and O–H groups in total. The number of benzene rings is 2. The Morgan fingerprint density at radius 2 is 1.77 bits per heavy atom. The number of halogens is 2. The molecule has 8 heteroatoms. The number of hydrogen-bond acceptors (Lipinski definition) is 5. The van der Waals surface area contributed by atoms with Gasteiger partial charge in [0.05, 0.1) is 11.8 Å². The molecule has 1 amide bonds. The van der Waals surface area contributed by atoms with Gasteiger partial charge >= 0.3 is 5.97 Å². The molecule has 0 bridgehead atoms. The third-order valence-corrected chi connectivity index (χ3v) is 7.08. The topological polar surface area (TPSA) is 59.0 Å². The molecule has 3 aromatic rings. The van der Waals surface area contributed by atoms with Crippen LogP contribution in [-0.2, 0) is 9.53 Å². The largest absolute Gasteiger partial charge is 0.451 e. The van der Waals surface area contributed by atoms with Gasteiger partial charge in [0.25, 0.3) is 5.91 Å². The summed E-state index contributed by atoms with van der Waals surface area (Å²) in [6, 6.07) is 15.2. The predicted molar refractivity (Wildman–Crippen MR) is 130 cm³/mol. The fourth-order valence-electron chi connectivity index (χ4n) is 4.62. The predicted octanol–water partition coefficient (Wildman–Crippen LogP) is 6.01. The molecule has 35 heavy (non-hydrogen) atoms. The van der Waals surface area contributed by atoms with Crippen molar-refractivity contribution < 1.29 is 23.1 Å². The van der Waals surface area contributed by atoms with Crippen molar-refractivity contribution in [2.24, 2.45) is 11.0 Å². The quantitative estimate of drug-likeness (QED) is 0.410. The highest BCUT2D eigenvalue weighted by Gasteiger charge is 2.43. The lowest BCUT2D eigenvalue weighted by molar-refractivity contribution is -0.137. The number of esters is 1. The number of amides is 1. The Morgan fingerprint density at radius 3 is 2.46 bits per heavy atom. The normalized spacial score (nSPS) is 20.5. The molecule has 178 valence electrons. The van der Waals surface area contributed by atoms with Crippen LogP contribution < -0.4 is 0 Å². The number of hydrogen-bond donors (Lipinski definition) is 0. The Hall–Kier alpha value is -3.65. The number of rotatable bonds is 5. The molecule has 0 unspecified atom stereocenters. The summed E-state index contributed by atoms with van der Waals surface area (Å²) in [6.07, 6.45) is 4.44. The summed E-state index contributed by atoms with van der Waals surface area (Å²) in [5, 5.41) is 7.83. The number of thiophene rings is 1. The zero-order valence-corrected chi connectivity index (χ0v) is 19.5. The highest BCUT2D eigenvalue weighted by atomic mass is 32.1. The average Bonchev–Trinajstić information content (AvgIpc) is 3.53. The van der Waals surface area contributed by atoms with Gasteiger partial charge in [-0.05, 0) is 77.8 Å². The maximum absolute atomic E-state index is 13.6. The zero-order valence-electron chi connectivity index (χ0n) is 18.7. The molecule has 1 fully saturated rings. The number of carbonyl (C=O) groups excluding carboxylic acids is 2. The molecular weight excluding hydrogens is 470 g/mol. The molecule has 2 aliphatic rings. The van der Waals surface area contributed by atoms with E-state index in [4.69, 9.17) is 9.84 Å². The molecule has 5 nitrogen and oxygen atoms in total. The number of hydrazone groups is 1. The van der Waals surface area contributed by atoms with E-state index < -0.39 is 24.5 Å². The van der Waals surface area contributed by atoms with Gasteiger partial charge < -0.3 is 4.74 Å². The SMILES string of the molecule is O=C(OCC(=O)N1N=C2/C(=C\c3ccc(F)cc3)CCC[C@@H]2[C@H]1c1ccc(F)cc1)c1cccs1. The van der Waals surface area contributed by atoms with E-state index >= 15 is 0 Å². The standard InChI is InChI=1S/C27H22F2N2O3S/c28-20-10-6-17(7-11-20)15-19-3-1-4-22-25(19)30-31(26(22)18-8-12-21(29)13-9-18)24(32)16-34-27(33)23-5-2-14-35-23/h2,5-15,22,26H,1,3-4,16H2/b19-15-/t22-,26+/m0/s1. The van der Waals surface area contributed by atoms with Crippen molar-refractivity contribution in [1.82, 2.24) is 5.01 Å². The van der Waals surface area contributed by atoms with E-state index in [-0.39, 0.29) is 17.6 Å². The van der Waals surface area contributed by atoms with Crippen LogP contribution in [-0.4, -0.2) is 29.2 Å². The van der Waals surface area contributed by atoms with E-state index in [9.17, 15) is 18.4 Å². The highest BCUT2D eigenvalue weighted by molar-refractivity contribution is 7.11. The summed E-state index contributed by atoms with van der Waals surface area (Å²) in [5.74, 6) is -1.77. The van der Waals surface area contributed by atoms with Crippen LogP contribution in [0.15, 0.2) is 76.7 Å². The lowest BCUT2D eigenvalue weighted by Crippen LogP contribution is -2.34. The number of ether oxygens (including phenoxy) is 1. The minimum absolute atomic E-state index is 0.0853. The first-order valence-electron chi connectivity index (χ1n) is 11.3. The summed E-state index contributed by atoms with van der Waals surface area (Å²) in [5.41, 5.74) is 3.37. The van der Waals surface area contributed by atoms with Gasteiger partial charge in [0.2, 0.25) is 0 Å². The van der Waals surface area contributed by atoms with Crippen LogP contribution in [0, 0.1) is 17.6 Å². The molecule has 2 heterocycles. The Kier molecular flexibility index (Phi) is 6.55. The first-order valence-corrected chi connectivity index (χ1v) is 12.2. The maximum atomic E-state index is 13.6. The van der Waals surface area contributed by atoms with E-state index in [0.717, 1.165) is 41.7 Å². The molecule has 1 aromatic heterocycles. The number of allylic oxidation sites excluding steroid dienone is 1. The maximum Gasteiger partial charge on any atom is 0.348 e. The molecule has 1 saturated carbocycles. The second-order valence-corrected chi connectivity index (χ2v) is 9.44. The lowest BCUT2D eigenvalue weighted by Gasteiger charge is -2.29. The Labute approximate surface area is 205 Å². The van der Waals surface area contributed by atoms with Crippen LogP contribution in [0.25, 0.3) is 6.08 Å². The second kappa shape index (κ2) is 9.92. The van der Waals surface area contributed by atoms with Crippen molar-refractivity contribution >= 4 is 35.0 Å². The molecule has 1 aliphatic carbocycles. The third-order valence-electron chi connectivity index (χ3n) is 6.23. The molecule has 0 spiro atoms. The van der Waals surface area contributed by atoms with E-state index in [1.165, 1.54) is 40.6 Å². The molecule has 0 saturated heterocycles. The molecule has 5 rings (SSSR count). The molecular formula is C27H22F2N2O3S. The number of fused-ring (bicyclic) bond motifs is 1. The van der Waals surface area contributed by atoms with Gasteiger partial charge in [-0.2, -0.15) is 5.10 Å². The monoisotopic (exact) mass is 492 g/mol. The van der Waals surface area contributed by atoms with Crippen molar-refractivity contribution in [3.8, 4) is 0 Å². The van der Waals surface area contributed by atoms with Crippen molar-refractivity contribution in [3.05, 3.63) is 99.3 Å². The smallest absolute Gasteiger partial charge is 0.348 e. The van der Waals surface area contributed by atoms with Crippen LogP contribution >= 0.6 is 11.3 Å². The highest BCUT2D eigenvalue weighted by Crippen LogP contribution is 2.44. The van der Waals surface area contributed by atoms with Gasteiger partial charge in [0.15, 0.2) is 6.61 Å². The van der Waals surface area contributed by atoms with Crippen molar-refractivity contribution in [1.29, 1.82) is 0 Å². The van der Waals surface area contributed by atoms with Crippen LogP contribution in [0.2, 0.25) is 0 Å². The zero-order chi connectivity index (χ0) is 24.4. The second-order valence-electron chi connectivity index (χ2n) is 8.49. The number of nitrogens with zero attached hydrogens (tertiary/aromatic N) is 2. The first kappa shape index (κ1) is 23.1. The van der Waals surface area contributed by atoms with E-state index in [2.05, 4.69) is 0 Å². The van der Waals surface area contributed by atoms with Crippen LogP contribution in [0.3, 0.4) is 0 Å². The minimum Gasteiger partial charge on any atom is -0.451 e. The first-order chi connectivity index (χ1) is 17.0. The fraction of sp³-hybridized carbons (Fsp3) is 0.222. The molecule has 0 radical (unpaired) electrons. The van der Waals surface area contributed by atoms with Gasteiger partial charge in [-0.3, -0.25) is 4.79 Å². The number of carbonyl (C=O) groups is 2. The van der Waals surface area contributed by atoms with E-state index in [0.29, 0.717) is 4.88 Å². The van der Waals surface area contributed by atoms with Crippen molar-refractivity contribution in [2.75, 3.05) is 6.61 Å². The average molecular weight is 493 g/mol. The Bertz CT molecular complexity index is 1280. The van der Waals surface area contributed by atoms with Gasteiger partial charge in [-0.1, -0.05) is 30.3 Å².